The van der Waals surface area contributed by atoms with Crippen LogP contribution in [-0.4, -0.2) is 53.7 Å². The quantitative estimate of drug-likeness (QED) is 0.281. The molecule has 2 atom stereocenters. The minimum atomic E-state index is -4.30. The highest BCUT2D eigenvalue weighted by Crippen LogP contribution is 2.09. The molecule has 0 spiro atoms. The van der Waals surface area contributed by atoms with Crippen molar-refractivity contribution in [2.24, 2.45) is 0 Å². The molecule has 0 fully saturated rings. The average molecular weight is 313 g/mol. The van der Waals surface area contributed by atoms with Crippen LogP contribution in [0.4, 0.5) is 0 Å². The number of rotatable bonds is 12. The number of aliphatic hydroxyl groups is 2. The Bertz CT molecular complexity index is 323. The lowest BCUT2D eigenvalue weighted by Crippen LogP contribution is -2.40. The lowest BCUT2D eigenvalue weighted by Gasteiger charge is -2.27. The number of hydrogen-bond acceptors (Lipinski definition) is 6. The minimum absolute atomic E-state index is 0.0106. The Morgan fingerprint density at radius 2 is 1.40 bits per heavy atom. The van der Waals surface area contributed by atoms with Crippen LogP contribution < -0.4 is 0 Å². The molecule has 2 unspecified atom stereocenters. The molecule has 0 aromatic carbocycles. The second-order valence-electron chi connectivity index (χ2n) is 4.87. The molecule has 20 heavy (non-hydrogen) atoms. The zero-order chi connectivity index (χ0) is 15.6. The average Bonchev–Trinajstić information content (AvgIpc) is 2.29. The summed E-state index contributed by atoms with van der Waals surface area (Å²) in [5, 5.41) is 18.9. The van der Waals surface area contributed by atoms with Crippen LogP contribution >= 0.6 is 0 Å². The van der Waals surface area contributed by atoms with Crippen LogP contribution in [0.1, 0.15) is 52.4 Å². The van der Waals surface area contributed by atoms with Crippen LogP contribution in [-0.2, 0) is 14.6 Å². The van der Waals surface area contributed by atoms with E-state index in [0.717, 1.165) is 32.1 Å². The van der Waals surface area contributed by atoms with Gasteiger partial charge in [0.2, 0.25) is 0 Å². The first-order valence-corrected chi connectivity index (χ1v) is 8.34. The first-order valence-electron chi connectivity index (χ1n) is 6.97. The predicted molar refractivity (Wildman–Crippen MR) is 75.3 cm³/mol. The standard InChI is InChI=1S/C12H27NO6S/c1-11(14)13(12(2)15)9-7-5-3-4-6-8-10-19-20(16,17)18/h11-12,14-15H,3-10H2,1-2H3,(H,16,17,18). The second-order valence-corrected chi connectivity index (χ2v) is 5.96. The Morgan fingerprint density at radius 1 is 0.950 bits per heavy atom. The maximum absolute atomic E-state index is 10.3. The number of nitrogens with zero attached hydrogens (tertiary/aromatic N) is 1. The van der Waals surface area contributed by atoms with E-state index in [-0.39, 0.29) is 6.61 Å². The largest absolute Gasteiger partial charge is 0.397 e. The molecule has 8 heteroatoms. The summed E-state index contributed by atoms with van der Waals surface area (Å²) in [5.74, 6) is 0. The van der Waals surface area contributed by atoms with Gasteiger partial charge in [0.1, 0.15) is 12.5 Å². The molecule has 0 aliphatic heterocycles. The van der Waals surface area contributed by atoms with Crippen molar-refractivity contribution in [2.45, 2.75) is 64.8 Å². The van der Waals surface area contributed by atoms with E-state index in [9.17, 15) is 18.6 Å². The SMILES string of the molecule is CC(O)N(CCCCCCCCOS(=O)(=O)O)C(C)O. The van der Waals surface area contributed by atoms with Crippen molar-refractivity contribution in [2.75, 3.05) is 13.2 Å². The highest BCUT2D eigenvalue weighted by atomic mass is 32.3. The molecule has 122 valence electrons. The molecular weight excluding hydrogens is 286 g/mol. The zero-order valence-electron chi connectivity index (χ0n) is 12.2. The van der Waals surface area contributed by atoms with Gasteiger partial charge in [0.15, 0.2) is 0 Å². The molecule has 0 radical (unpaired) electrons. The lowest BCUT2D eigenvalue weighted by atomic mass is 10.1. The monoisotopic (exact) mass is 313 g/mol. The summed E-state index contributed by atoms with van der Waals surface area (Å²) in [6.45, 7) is 3.90. The van der Waals surface area contributed by atoms with Crippen LogP contribution in [0.2, 0.25) is 0 Å². The summed E-state index contributed by atoms with van der Waals surface area (Å²) in [4.78, 5) is 1.61. The molecule has 0 aromatic rings. The first-order chi connectivity index (χ1) is 9.24. The third kappa shape index (κ3) is 11.6. The highest BCUT2D eigenvalue weighted by molar-refractivity contribution is 7.80. The number of unbranched alkanes of at least 4 members (excludes halogenated alkanes) is 5. The summed E-state index contributed by atoms with van der Waals surface area (Å²) >= 11 is 0. The van der Waals surface area contributed by atoms with Crippen LogP contribution in [0, 0.1) is 0 Å². The van der Waals surface area contributed by atoms with E-state index in [2.05, 4.69) is 4.18 Å². The van der Waals surface area contributed by atoms with E-state index in [0.29, 0.717) is 13.0 Å². The maximum Gasteiger partial charge on any atom is 0.397 e. The maximum atomic E-state index is 10.3. The molecule has 0 bridgehead atoms. The van der Waals surface area contributed by atoms with Crippen LogP contribution in [0.5, 0.6) is 0 Å². The van der Waals surface area contributed by atoms with Gasteiger partial charge in [-0.3, -0.25) is 9.45 Å². The number of hydrogen-bond donors (Lipinski definition) is 3. The summed E-state index contributed by atoms with van der Waals surface area (Å²) in [5.41, 5.74) is 0. The normalized spacial score (nSPS) is 15.5. The highest BCUT2D eigenvalue weighted by Gasteiger charge is 2.14. The van der Waals surface area contributed by atoms with Crippen LogP contribution in [0.15, 0.2) is 0 Å². The fraction of sp³-hybridized carbons (Fsp3) is 1.00. The Morgan fingerprint density at radius 3 is 1.85 bits per heavy atom. The molecule has 0 amide bonds. The fourth-order valence-electron chi connectivity index (χ4n) is 1.95. The van der Waals surface area contributed by atoms with E-state index in [4.69, 9.17) is 4.55 Å². The van der Waals surface area contributed by atoms with E-state index in [1.165, 1.54) is 0 Å². The molecule has 0 heterocycles. The van der Waals surface area contributed by atoms with Gasteiger partial charge in [0.25, 0.3) is 0 Å². The van der Waals surface area contributed by atoms with Crippen molar-refractivity contribution >= 4 is 10.4 Å². The third-order valence-electron chi connectivity index (χ3n) is 3.00. The fourth-order valence-corrected chi connectivity index (χ4v) is 2.28. The summed E-state index contributed by atoms with van der Waals surface area (Å²) in [7, 11) is -4.30. The Kier molecular flexibility index (Phi) is 10.3. The van der Waals surface area contributed by atoms with Gasteiger partial charge >= 0.3 is 10.4 Å². The molecule has 0 rings (SSSR count). The Balaban J connectivity index is 3.45. The van der Waals surface area contributed by atoms with Crippen molar-refractivity contribution < 1.29 is 27.4 Å². The molecule has 0 saturated heterocycles. The molecule has 0 aliphatic carbocycles. The van der Waals surface area contributed by atoms with E-state index in [1.54, 1.807) is 18.7 Å². The topological polar surface area (TPSA) is 107 Å². The van der Waals surface area contributed by atoms with Gasteiger partial charge in [-0.05, 0) is 26.7 Å². The van der Waals surface area contributed by atoms with Crippen molar-refractivity contribution in [3.8, 4) is 0 Å². The van der Waals surface area contributed by atoms with Crippen LogP contribution in [0.3, 0.4) is 0 Å². The predicted octanol–water partition coefficient (Wildman–Crippen LogP) is 1.12. The molecular formula is C12H27NO6S. The van der Waals surface area contributed by atoms with Gasteiger partial charge in [-0.1, -0.05) is 25.7 Å². The van der Waals surface area contributed by atoms with Crippen molar-refractivity contribution in [1.82, 2.24) is 4.90 Å². The van der Waals surface area contributed by atoms with E-state index >= 15 is 0 Å². The van der Waals surface area contributed by atoms with E-state index in [1.807, 2.05) is 0 Å². The molecule has 0 aromatic heterocycles. The van der Waals surface area contributed by atoms with E-state index < -0.39 is 22.9 Å². The smallest absolute Gasteiger partial charge is 0.379 e. The summed E-state index contributed by atoms with van der Waals surface area (Å²) in [6, 6.07) is 0. The first kappa shape index (κ1) is 19.8. The van der Waals surface area contributed by atoms with Gasteiger partial charge < -0.3 is 10.2 Å². The van der Waals surface area contributed by atoms with Gasteiger partial charge in [-0.25, -0.2) is 4.18 Å². The molecule has 0 saturated carbocycles. The summed E-state index contributed by atoms with van der Waals surface area (Å²) in [6.07, 6.45) is 3.93. The van der Waals surface area contributed by atoms with Crippen molar-refractivity contribution in [1.29, 1.82) is 0 Å². The van der Waals surface area contributed by atoms with Gasteiger partial charge in [0, 0.05) is 6.54 Å². The molecule has 0 aliphatic rings. The van der Waals surface area contributed by atoms with Gasteiger partial charge in [0.05, 0.1) is 6.61 Å². The molecule has 7 nitrogen and oxygen atoms in total. The lowest BCUT2D eigenvalue weighted by molar-refractivity contribution is -0.0844. The zero-order valence-corrected chi connectivity index (χ0v) is 13.0. The third-order valence-corrected chi connectivity index (χ3v) is 3.47. The minimum Gasteiger partial charge on any atom is -0.379 e. The van der Waals surface area contributed by atoms with Crippen LogP contribution in [0.25, 0.3) is 0 Å². The second kappa shape index (κ2) is 10.5. The number of aliphatic hydroxyl groups excluding tert-OH is 2. The van der Waals surface area contributed by atoms with Gasteiger partial charge in [-0.2, -0.15) is 8.42 Å². The van der Waals surface area contributed by atoms with Gasteiger partial charge in [-0.15, -0.1) is 0 Å². The van der Waals surface area contributed by atoms with Crippen molar-refractivity contribution in [3.63, 3.8) is 0 Å². The molecule has 3 N–H and O–H groups in total. The van der Waals surface area contributed by atoms with Crippen molar-refractivity contribution in [3.05, 3.63) is 0 Å². The Hall–Kier alpha value is -0.250. The Labute approximate surface area is 121 Å². The summed E-state index contributed by atoms with van der Waals surface area (Å²) < 4.78 is 33.1.